The number of aryl methyl sites for hydroxylation is 1. The summed E-state index contributed by atoms with van der Waals surface area (Å²) in [7, 11) is 2.07. The molecule has 6 heteroatoms. The molecular weight excluding hydrogens is 254 g/mol. The third-order valence-electron chi connectivity index (χ3n) is 3.77. The van der Waals surface area contributed by atoms with Crippen molar-refractivity contribution in [1.82, 2.24) is 9.97 Å². The highest BCUT2D eigenvalue weighted by Crippen LogP contribution is 2.24. The second-order valence-corrected chi connectivity index (χ2v) is 5.40. The van der Waals surface area contributed by atoms with E-state index in [0.717, 1.165) is 49.8 Å². The topological polar surface area (TPSA) is 76.3 Å². The molecule has 6 nitrogen and oxygen atoms in total. The molecule has 1 atom stereocenters. The second-order valence-electron chi connectivity index (χ2n) is 5.40. The number of hydrogen-bond acceptors (Lipinski definition) is 6. The van der Waals surface area contributed by atoms with Gasteiger partial charge in [-0.25, -0.2) is 15.8 Å². The molecule has 1 unspecified atom stereocenters. The molecule has 1 aliphatic rings. The van der Waals surface area contributed by atoms with Crippen molar-refractivity contribution in [3.05, 3.63) is 11.4 Å². The van der Waals surface area contributed by atoms with Crippen molar-refractivity contribution in [1.29, 1.82) is 0 Å². The molecule has 1 aliphatic heterocycles. The highest BCUT2D eigenvalue weighted by Gasteiger charge is 2.19. The van der Waals surface area contributed by atoms with Gasteiger partial charge in [-0.2, -0.15) is 0 Å². The first-order chi connectivity index (χ1) is 9.65. The van der Waals surface area contributed by atoms with E-state index in [1.807, 2.05) is 13.8 Å². The van der Waals surface area contributed by atoms with E-state index in [1.165, 1.54) is 6.42 Å². The Kier molecular flexibility index (Phi) is 5.14. The molecule has 0 saturated carbocycles. The van der Waals surface area contributed by atoms with Crippen LogP contribution < -0.4 is 16.2 Å². The molecule has 0 bridgehead atoms. The van der Waals surface area contributed by atoms with Crippen LogP contribution in [0.2, 0.25) is 0 Å². The van der Waals surface area contributed by atoms with Gasteiger partial charge in [0.25, 0.3) is 0 Å². The zero-order chi connectivity index (χ0) is 14.5. The predicted octanol–water partition coefficient (Wildman–Crippen LogP) is 1.50. The van der Waals surface area contributed by atoms with Gasteiger partial charge in [-0.05, 0) is 25.7 Å². The van der Waals surface area contributed by atoms with E-state index in [4.69, 9.17) is 10.6 Å². The normalized spacial score (nSPS) is 18.9. The van der Waals surface area contributed by atoms with Crippen LogP contribution in [0.15, 0.2) is 0 Å². The Morgan fingerprint density at radius 2 is 2.25 bits per heavy atom. The molecule has 0 aliphatic carbocycles. The Bertz CT molecular complexity index is 445. The molecule has 3 N–H and O–H groups in total. The lowest BCUT2D eigenvalue weighted by atomic mass is 10.0. The zero-order valence-electron chi connectivity index (χ0n) is 12.6. The van der Waals surface area contributed by atoms with Gasteiger partial charge in [0, 0.05) is 32.2 Å². The Balaban J connectivity index is 2.16. The molecule has 1 fully saturated rings. The summed E-state index contributed by atoms with van der Waals surface area (Å²) in [5, 5.41) is 0. The van der Waals surface area contributed by atoms with E-state index in [9.17, 15) is 0 Å². The minimum atomic E-state index is 0.572. The summed E-state index contributed by atoms with van der Waals surface area (Å²) >= 11 is 0. The lowest BCUT2D eigenvalue weighted by Gasteiger charge is -2.29. The fourth-order valence-electron chi connectivity index (χ4n) is 2.65. The van der Waals surface area contributed by atoms with Gasteiger partial charge in [0.15, 0.2) is 0 Å². The maximum absolute atomic E-state index is 5.55. The molecule has 1 saturated heterocycles. The highest BCUT2D eigenvalue weighted by atomic mass is 16.5. The first-order valence-electron chi connectivity index (χ1n) is 7.28. The molecule has 0 radical (unpaired) electrons. The lowest BCUT2D eigenvalue weighted by Crippen LogP contribution is -2.32. The summed E-state index contributed by atoms with van der Waals surface area (Å²) in [6.45, 7) is 6.73. The van der Waals surface area contributed by atoms with Crippen molar-refractivity contribution in [3.8, 4) is 0 Å². The van der Waals surface area contributed by atoms with E-state index in [0.29, 0.717) is 11.7 Å². The standard InChI is InChI=1S/C14H25N5O/c1-4-12-16-13(18-15)10(2)14(17-12)19(3)8-11-6-5-7-20-9-11/h11H,4-9,15H2,1-3H3,(H,16,17,18). The number of nitrogens with two attached hydrogens (primary N) is 1. The third-order valence-corrected chi connectivity index (χ3v) is 3.77. The minimum Gasteiger partial charge on any atom is -0.381 e. The molecule has 0 spiro atoms. The number of hydrogen-bond donors (Lipinski definition) is 2. The van der Waals surface area contributed by atoms with Gasteiger partial charge < -0.3 is 15.1 Å². The molecule has 1 aromatic heterocycles. The van der Waals surface area contributed by atoms with Crippen molar-refractivity contribution in [2.24, 2.45) is 11.8 Å². The number of anilines is 2. The van der Waals surface area contributed by atoms with Crippen LogP contribution in [0, 0.1) is 12.8 Å². The summed E-state index contributed by atoms with van der Waals surface area (Å²) in [5.41, 5.74) is 3.66. The average molecular weight is 279 g/mol. The summed E-state index contributed by atoms with van der Waals surface area (Å²) in [6, 6.07) is 0. The van der Waals surface area contributed by atoms with Crippen LogP contribution in [0.1, 0.15) is 31.2 Å². The van der Waals surface area contributed by atoms with Gasteiger partial charge in [0.05, 0.1) is 6.61 Å². The van der Waals surface area contributed by atoms with Gasteiger partial charge in [0.1, 0.15) is 17.5 Å². The van der Waals surface area contributed by atoms with Crippen LogP contribution in [-0.4, -0.2) is 36.8 Å². The number of ether oxygens (including phenoxy) is 1. The first-order valence-corrected chi connectivity index (χ1v) is 7.28. The fourth-order valence-corrected chi connectivity index (χ4v) is 2.65. The van der Waals surface area contributed by atoms with Crippen LogP contribution in [0.4, 0.5) is 11.6 Å². The number of rotatable bonds is 5. The second kappa shape index (κ2) is 6.85. The van der Waals surface area contributed by atoms with Gasteiger partial charge in [-0.3, -0.25) is 0 Å². The molecule has 0 amide bonds. The molecule has 20 heavy (non-hydrogen) atoms. The lowest BCUT2D eigenvalue weighted by molar-refractivity contribution is 0.0576. The van der Waals surface area contributed by atoms with Crippen molar-refractivity contribution < 1.29 is 4.74 Å². The summed E-state index contributed by atoms with van der Waals surface area (Å²) in [5.74, 6) is 8.59. The smallest absolute Gasteiger partial charge is 0.148 e. The molecule has 2 rings (SSSR count). The van der Waals surface area contributed by atoms with E-state index in [2.05, 4.69) is 27.3 Å². The Morgan fingerprint density at radius 3 is 2.85 bits per heavy atom. The van der Waals surface area contributed by atoms with Gasteiger partial charge >= 0.3 is 0 Å². The predicted molar refractivity (Wildman–Crippen MR) is 80.8 cm³/mol. The average Bonchev–Trinajstić information content (AvgIpc) is 2.48. The van der Waals surface area contributed by atoms with Crippen LogP contribution in [0.5, 0.6) is 0 Å². The van der Waals surface area contributed by atoms with Gasteiger partial charge in [-0.15, -0.1) is 0 Å². The van der Waals surface area contributed by atoms with Crippen molar-refractivity contribution in [3.63, 3.8) is 0 Å². The van der Waals surface area contributed by atoms with Crippen LogP contribution in [0.3, 0.4) is 0 Å². The van der Waals surface area contributed by atoms with E-state index in [-0.39, 0.29) is 0 Å². The van der Waals surface area contributed by atoms with Gasteiger partial charge in [0.2, 0.25) is 0 Å². The molecular formula is C14H25N5O. The van der Waals surface area contributed by atoms with Crippen molar-refractivity contribution in [2.75, 3.05) is 37.1 Å². The number of nitrogens with zero attached hydrogens (tertiary/aromatic N) is 3. The minimum absolute atomic E-state index is 0.572. The summed E-state index contributed by atoms with van der Waals surface area (Å²) < 4.78 is 5.55. The fraction of sp³-hybridized carbons (Fsp3) is 0.714. The van der Waals surface area contributed by atoms with Crippen molar-refractivity contribution >= 4 is 11.6 Å². The number of nitrogens with one attached hydrogen (secondary N) is 1. The van der Waals surface area contributed by atoms with Crippen LogP contribution in [0.25, 0.3) is 0 Å². The van der Waals surface area contributed by atoms with E-state index in [1.54, 1.807) is 0 Å². The molecule has 2 heterocycles. The largest absolute Gasteiger partial charge is 0.381 e. The Hall–Kier alpha value is -1.40. The van der Waals surface area contributed by atoms with E-state index >= 15 is 0 Å². The quantitative estimate of drug-likeness (QED) is 0.628. The molecule has 112 valence electrons. The first kappa shape index (κ1) is 15.0. The SMILES string of the molecule is CCc1nc(NN)c(C)c(N(C)CC2CCCOC2)n1. The molecule has 0 aromatic carbocycles. The third kappa shape index (κ3) is 3.37. The monoisotopic (exact) mass is 279 g/mol. The Labute approximate surface area is 120 Å². The van der Waals surface area contributed by atoms with E-state index < -0.39 is 0 Å². The van der Waals surface area contributed by atoms with Crippen LogP contribution in [-0.2, 0) is 11.2 Å². The number of hydrazine groups is 1. The van der Waals surface area contributed by atoms with Crippen LogP contribution >= 0.6 is 0 Å². The van der Waals surface area contributed by atoms with Gasteiger partial charge in [-0.1, -0.05) is 6.92 Å². The molecule has 1 aromatic rings. The number of nitrogen functional groups attached to an aromatic ring is 1. The van der Waals surface area contributed by atoms with Crippen molar-refractivity contribution in [2.45, 2.75) is 33.1 Å². The zero-order valence-corrected chi connectivity index (χ0v) is 12.6. The highest BCUT2D eigenvalue weighted by molar-refractivity contribution is 5.57. The summed E-state index contributed by atoms with van der Waals surface area (Å²) in [4.78, 5) is 11.2. The maximum Gasteiger partial charge on any atom is 0.148 e. The maximum atomic E-state index is 5.55. The Morgan fingerprint density at radius 1 is 1.45 bits per heavy atom. The summed E-state index contributed by atoms with van der Waals surface area (Å²) in [6.07, 6.45) is 3.16. The number of aromatic nitrogens is 2.